The summed E-state index contributed by atoms with van der Waals surface area (Å²) in [5.41, 5.74) is 0.718. The van der Waals surface area contributed by atoms with E-state index in [1.54, 1.807) is 0 Å². The van der Waals surface area contributed by atoms with E-state index in [0.717, 1.165) is 5.41 Å². The molecule has 1 aliphatic rings. The van der Waals surface area contributed by atoms with E-state index >= 15 is 0 Å². The summed E-state index contributed by atoms with van der Waals surface area (Å²) >= 11 is 0. The Morgan fingerprint density at radius 1 is 0.522 bits per heavy atom. The van der Waals surface area contributed by atoms with E-state index < -0.39 is 0 Å². The fourth-order valence-electron chi connectivity index (χ4n) is 4.40. The molecule has 0 aliphatic heterocycles. The molecule has 1 fully saturated rings. The molecule has 0 aromatic heterocycles. The van der Waals surface area contributed by atoms with Gasteiger partial charge in [-0.3, -0.25) is 0 Å². The van der Waals surface area contributed by atoms with Gasteiger partial charge in [0.2, 0.25) is 0 Å². The van der Waals surface area contributed by atoms with Gasteiger partial charge in [-0.1, -0.05) is 123 Å². The molecule has 0 N–H and O–H groups in total. The quantitative estimate of drug-likeness (QED) is 0.264. The highest BCUT2D eigenvalue weighted by Gasteiger charge is 2.25. The zero-order chi connectivity index (χ0) is 16.6. The van der Waals surface area contributed by atoms with Crippen LogP contribution in [0.3, 0.4) is 0 Å². The van der Waals surface area contributed by atoms with Crippen LogP contribution >= 0.6 is 0 Å². The summed E-state index contributed by atoms with van der Waals surface area (Å²) < 4.78 is 0. The van der Waals surface area contributed by atoms with Gasteiger partial charge in [0, 0.05) is 0 Å². The molecule has 1 rings (SSSR count). The van der Waals surface area contributed by atoms with E-state index in [2.05, 4.69) is 13.8 Å². The van der Waals surface area contributed by atoms with Crippen molar-refractivity contribution in [2.24, 2.45) is 5.41 Å². The fraction of sp³-hybridized carbons (Fsp3) is 1.00. The normalized spacial score (nSPS) is 17.5. The molecule has 0 unspecified atom stereocenters. The molecule has 0 spiro atoms. The summed E-state index contributed by atoms with van der Waals surface area (Å²) in [5.74, 6) is 0. The van der Waals surface area contributed by atoms with Crippen molar-refractivity contribution in [1.29, 1.82) is 0 Å². The average molecular weight is 323 g/mol. The van der Waals surface area contributed by atoms with Gasteiger partial charge < -0.3 is 0 Å². The van der Waals surface area contributed by atoms with E-state index in [0.29, 0.717) is 0 Å². The van der Waals surface area contributed by atoms with E-state index in [1.165, 1.54) is 128 Å². The number of hydrogen-bond donors (Lipinski definition) is 0. The number of rotatable bonds is 15. The first-order chi connectivity index (χ1) is 11.3. The minimum atomic E-state index is 0.718. The fourth-order valence-corrected chi connectivity index (χ4v) is 4.40. The smallest absolute Gasteiger partial charge is 0.0326 e. The number of hydrogen-bond acceptors (Lipinski definition) is 0. The Kier molecular flexibility index (Phi) is 13.1. The van der Waals surface area contributed by atoms with Crippen LogP contribution in [0.25, 0.3) is 0 Å². The van der Waals surface area contributed by atoms with Crippen LogP contribution in [0.5, 0.6) is 0 Å². The Morgan fingerprint density at radius 2 is 0.913 bits per heavy atom. The summed E-state index contributed by atoms with van der Waals surface area (Å²) in [4.78, 5) is 0. The van der Waals surface area contributed by atoms with Crippen molar-refractivity contribution in [3.63, 3.8) is 0 Å². The Hall–Kier alpha value is 0. The van der Waals surface area contributed by atoms with E-state index in [4.69, 9.17) is 0 Å². The molecule has 0 aromatic rings. The van der Waals surface area contributed by atoms with E-state index in [9.17, 15) is 0 Å². The van der Waals surface area contributed by atoms with Crippen molar-refractivity contribution < 1.29 is 0 Å². The third-order valence-electron chi connectivity index (χ3n) is 6.19. The van der Waals surface area contributed by atoms with Gasteiger partial charge in [-0.2, -0.15) is 0 Å². The first-order valence-corrected chi connectivity index (χ1v) is 11.3. The lowest BCUT2D eigenvalue weighted by atomic mass is 9.72. The minimum absolute atomic E-state index is 0.718. The standard InChI is InChI=1S/C23H46/c1-3-4-5-6-7-8-9-10-11-12-13-14-15-17-20-23(2)21-18-16-19-22-23/h3-22H2,1-2H3. The van der Waals surface area contributed by atoms with Gasteiger partial charge in [0.25, 0.3) is 0 Å². The molecule has 0 nitrogen and oxygen atoms in total. The molecule has 0 bridgehead atoms. The van der Waals surface area contributed by atoms with Crippen molar-refractivity contribution in [2.45, 2.75) is 142 Å². The molecule has 1 saturated carbocycles. The maximum absolute atomic E-state index is 2.55. The molecule has 0 atom stereocenters. The second kappa shape index (κ2) is 14.4. The van der Waals surface area contributed by atoms with Crippen LogP contribution in [0, 0.1) is 5.41 Å². The summed E-state index contributed by atoms with van der Waals surface area (Å²) in [5, 5.41) is 0. The van der Waals surface area contributed by atoms with Gasteiger partial charge >= 0.3 is 0 Å². The third kappa shape index (κ3) is 12.1. The second-order valence-electron chi connectivity index (χ2n) is 8.72. The first kappa shape index (κ1) is 21.0. The molecular weight excluding hydrogens is 276 g/mol. The largest absolute Gasteiger partial charge is 0.0654 e. The molecule has 0 saturated heterocycles. The van der Waals surface area contributed by atoms with Crippen molar-refractivity contribution in [1.82, 2.24) is 0 Å². The van der Waals surface area contributed by atoms with Crippen LogP contribution in [0.4, 0.5) is 0 Å². The SMILES string of the molecule is CCCCCCCCCCCCCCCCC1(C)CCCCC1. The minimum Gasteiger partial charge on any atom is -0.0654 e. The number of unbranched alkanes of at least 4 members (excludes halogenated alkanes) is 13. The molecule has 138 valence electrons. The highest BCUT2D eigenvalue weighted by Crippen LogP contribution is 2.40. The van der Waals surface area contributed by atoms with Gasteiger partial charge in [0.1, 0.15) is 0 Å². The highest BCUT2D eigenvalue weighted by molar-refractivity contribution is 4.78. The molecule has 23 heavy (non-hydrogen) atoms. The first-order valence-electron chi connectivity index (χ1n) is 11.3. The zero-order valence-electron chi connectivity index (χ0n) is 16.6. The topological polar surface area (TPSA) is 0 Å². The van der Waals surface area contributed by atoms with Crippen molar-refractivity contribution in [3.8, 4) is 0 Å². The predicted octanol–water partition coefficient (Wildman–Crippen LogP) is 8.83. The summed E-state index contributed by atoms with van der Waals surface area (Å²) in [6, 6.07) is 0. The van der Waals surface area contributed by atoms with E-state index in [1.807, 2.05) is 0 Å². The second-order valence-corrected chi connectivity index (χ2v) is 8.72. The van der Waals surface area contributed by atoms with Gasteiger partial charge in [0.15, 0.2) is 0 Å². The maximum Gasteiger partial charge on any atom is -0.0326 e. The van der Waals surface area contributed by atoms with Crippen LogP contribution < -0.4 is 0 Å². The Labute approximate surface area is 148 Å². The Morgan fingerprint density at radius 3 is 1.35 bits per heavy atom. The summed E-state index contributed by atoms with van der Waals surface area (Å²) in [6.45, 7) is 4.85. The van der Waals surface area contributed by atoms with Crippen molar-refractivity contribution in [3.05, 3.63) is 0 Å². The van der Waals surface area contributed by atoms with Crippen molar-refractivity contribution in [2.75, 3.05) is 0 Å². The summed E-state index contributed by atoms with van der Waals surface area (Å²) in [7, 11) is 0. The lowest BCUT2D eigenvalue weighted by Crippen LogP contribution is -2.19. The molecule has 0 heteroatoms. The van der Waals surface area contributed by atoms with Gasteiger partial charge in [0.05, 0.1) is 0 Å². The Balaban J connectivity index is 1.74. The average Bonchev–Trinajstić information content (AvgIpc) is 2.56. The maximum atomic E-state index is 2.55. The van der Waals surface area contributed by atoms with Gasteiger partial charge in [-0.15, -0.1) is 0 Å². The Bertz CT molecular complexity index is 236. The zero-order valence-corrected chi connectivity index (χ0v) is 16.6. The predicted molar refractivity (Wildman–Crippen MR) is 106 cm³/mol. The van der Waals surface area contributed by atoms with Crippen LogP contribution in [0.15, 0.2) is 0 Å². The molecule has 0 aromatic carbocycles. The molecule has 0 radical (unpaired) electrons. The van der Waals surface area contributed by atoms with Crippen LogP contribution in [-0.4, -0.2) is 0 Å². The van der Waals surface area contributed by atoms with E-state index in [-0.39, 0.29) is 0 Å². The lowest BCUT2D eigenvalue weighted by Gasteiger charge is -2.33. The van der Waals surface area contributed by atoms with Crippen LogP contribution in [0.2, 0.25) is 0 Å². The molecule has 0 heterocycles. The molecule has 0 amide bonds. The third-order valence-corrected chi connectivity index (χ3v) is 6.19. The summed E-state index contributed by atoms with van der Waals surface area (Å²) in [6.07, 6.45) is 29.7. The van der Waals surface area contributed by atoms with Crippen LogP contribution in [-0.2, 0) is 0 Å². The monoisotopic (exact) mass is 322 g/mol. The highest BCUT2D eigenvalue weighted by atomic mass is 14.3. The lowest BCUT2D eigenvalue weighted by molar-refractivity contribution is 0.192. The van der Waals surface area contributed by atoms with Gasteiger partial charge in [-0.05, 0) is 24.7 Å². The molecule has 1 aliphatic carbocycles. The van der Waals surface area contributed by atoms with Crippen molar-refractivity contribution >= 4 is 0 Å². The van der Waals surface area contributed by atoms with Gasteiger partial charge in [-0.25, -0.2) is 0 Å². The van der Waals surface area contributed by atoms with Crippen LogP contribution in [0.1, 0.15) is 142 Å². The molecular formula is C23H46.